The molecule has 0 aromatic heterocycles. The highest BCUT2D eigenvalue weighted by molar-refractivity contribution is 9.10. The minimum absolute atomic E-state index is 0.115. The van der Waals surface area contributed by atoms with Crippen LogP contribution in [0.4, 0.5) is 0 Å². The van der Waals surface area contributed by atoms with Crippen molar-refractivity contribution in [2.75, 3.05) is 20.3 Å². The molecule has 0 fully saturated rings. The zero-order valence-electron chi connectivity index (χ0n) is 12.2. The average molecular weight is 377 g/mol. The Bertz CT molecular complexity index is 543. The third-order valence-electron chi connectivity index (χ3n) is 2.46. The van der Waals surface area contributed by atoms with Gasteiger partial charge in [0, 0.05) is 4.47 Å². The Labute approximate surface area is 132 Å². The lowest BCUT2D eigenvalue weighted by Crippen LogP contribution is -2.09. The first-order valence-corrected chi connectivity index (χ1v) is 8.75. The number of methoxy groups -OCH3 is 1. The summed E-state index contributed by atoms with van der Waals surface area (Å²) in [5, 5.41) is -0.115. The molecule has 0 aliphatic heterocycles. The predicted molar refractivity (Wildman–Crippen MR) is 85.0 cm³/mol. The van der Waals surface area contributed by atoms with Gasteiger partial charge >= 0.3 is 13.6 Å². The quantitative estimate of drug-likeness (QED) is 0.404. The molecule has 0 saturated heterocycles. The lowest BCUT2D eigenvalue weighted by atomic mass is 10.2. The summed E-state index contributed by atoms with van der Waals surface area (Å²) in [6, 6.07) is 7.17. The van der Waals surface area contributed by atoms with Crippen molar-refractivity contribution in [3.63, 3.8) is 0 Å². The molecule has 0 unspecified atom stereocenters. The molecule has 0 spiro atoms. The van der Waals surface area contributed by atoms with Crippen LogP contribution in [0.25, 0.3) is 6.08 Å². The second-order valence-electron chi connectivity index (χ2n) is 3.91. The van der Waals surface area contributed by atoms with Crippen LogP contribution < -0.4 is 0 Å². The maximum atomic E-state index is 12.8. The number of hydrogen-bond acceptors (Lipinski definition) is 5. The number of benzene rings is 1. The van der Waals surface area contributed by atoms with E-state index in [1.807, 2.05) is 12.1 Å². The lowest BCUT2D eigenvalue weighted by Gasteiger charge is -2.18. The number of carbonyl (C=O) groups is 1. The third-order valence-corrected chi connectivity index (χ3v) is 5.09. The summed E-state index contributed by atoms with van der Waals surface area (Å²) in [4.78, 5) is 11.9. The van der Waals surface area contributed by atoms with E-state index in [9.17, 15) is 9.36 Å². The highest BCUT2D eigenvalue weighted by Crippen LogP contribution is 2.56. The summed E-state index contributed by atoms with van der Waals surface area (Å²) in [5.41, 5.74) is 0.693. The van der Waals surface area contributed by atoms with Gasteiger partial charge in [-0.2, -0.15) is 0 Å². The molecule has 0 aliphatic rings. The highest BCUT2D eigenvalue weighted by atomic mass is 79.9. The van der Waals surface area contributed by atoms with Gasteiger partial charge in [0.05, 0.1) is 20.3 Å². The normalized spacial score (nSPS) is 12.3. The van der Waals surface area contributed by atoms with Crippen molar-refractivity contribution in [1.82, 2.24) is 0 Å². The number of esters is 1. The Morgan fingerprint density at radius 2 is 1.71 bits per heavy atom. The third kappa shape index (κ3) is 5.08. The first kappa shape index (κ1) is 18.1. The topological polar surface area (TPSA) is 61.8 Å². The van der Waals surface area contributed by atoms with Gasteiger partial charge in [-0.3, -0.25) is 4.57 Å². The van der Waals surface area contributed by atoms with Crippen molar-refractivity contribution in [1.29, 1.82) is 0 Å². The molecular formula is C14H18BrO5P. The van der Waals surface area contributed by atoms with Gasteiger partial charge in [-0.15, -0.1) is 0 Å². The molecule has 0 atom stereocenters. The average Bonchev–Trinajstić information content (AvgIpc) is 2.46. The van der Waals surface area contributed by atoms with E-state index in [0.29, 0.717) is 5.56 Å². The minimum atomic E-state index is -3.70. The van der Waals surface area contributed by atoms with Gasteiger partial charge in [0.25, 0.3) is 0 Å². The van der Waals surface area contributed by atoms with Gasteiger partial charge in [0.1, 0.15) is 5.31 Å². The first-order valence-electron chi connectivity index (χ1n) is 6.42. The van der Waals surface area contributed by atoms with Gasteiger partial charge in [0.2, 0.25) is 0 Å². The number of rotatable bonds is 7. The van der Waals surface area contributed by atoms with Crippen LogP contribution in [-0.2, 0) is 23.1 Å². The second-order valence-corrected chi connectivity index (χ2v) is 6.81. The van der Waals surface area contributed by atoms with Gasteiger partial charge < -0.3 is 13.8 Å². The molecule has 0 radical (unpaired) electrons. The summed E-state index contributed by atoms with van der Waals surface area (Å²) < 4.78 is 28.8. The molecule has 0 saturated carbocycles. The fourth-order valence-corrected chi connectivity index (χ4v) is 3.51. The Morgan fingerprint density at radius 3 is 2.14 bits per heavy atom. The monoisotopic (exact) mass is 376 g/mol. The van der Waals surface area contributed by atoms with Crippen LogP contribution in [0.5, 0.6) is 0 Å². The number of carbonyl (C=O) groups excluding carboxylic acids is 1. The van der Waals surface area contributed by atoms with Gasteiger partial charge in [-0.1, -0.05) is 28.1 Å². The molecular weight excluding hydrogens is 359 g/mol. The zero-order chi connectivity index (χ0) is 15.9. The Hall–Kier alpha value is -0.940. The van der Waals surface area contributed by atoms with Crippen molar-refractivity contribution < 1.29 is 23.1 Å². The molecule has 0 N–H and O–H groups in total. The van der Waals surface area contributed by atoms with Crippen LogP contribution in [0, 0.1) is 0 Å². The number of hydrogen-bond donors (Lipinski definition) is 0. The van der Waals surface area contributed by atoms with Crippen LogP contribution in [0.15, 0.2) is 34.1 Å². The molecule has 1 aromatic carbocycles. The fraction of sp³-hybridized carbons (Fsp3) is 0.357. The second kappa shape index (κ2) is 8.49. The molecule has 21 heavy (non-hydrogen) atoms. The van der Waals surface area contributed by atoms with E-state index < -0.39 is 13.6 Å². The van der Waals surface area contributed by atoms with Crippen molar-refractivity contribution >= 4 is 35.6 Å². The molecule has 0 bridgehead atoms. The van der Waals surface area contributed by atoms with E-state index in [1.54, 1.807) is 26.0 Å². The molecule has 0 aliphatic carbocycles. The lowest BCUT2D eigenvalue weighted by molar-refractivity contribution is -0.135. The van der Waals surface area contributed by atoms with E-state index in [1.165, 1.54) is 13.2 Å². The molecule has 0 amide bonds. The summed E-state index contributed by atoms with van der Waals surface area (Å²) >= 11 is 3.33. The fourth-order valence-electron chi connectivity index (χ4n) is 1.59. The van der Waals surface area contributed by atoms with Crippen LogP contribution in [0.1, 0.15) is 19.4 Å². The summed E-state index contributed by atoms with van der Waals surface area (Å²) in [5.74, 6) is -0.733. The SMILES string of the molecule is CCOP(=O)(OCC)/C(=C/c1ccc(Br)cc1)C(=O)OC. The largest absolute Gasteiger partial charge is 0.465 e. The molecule has 1 aromatic rings. The summed E-state index contributed by atoms with van der Waals surface area (Å²) in [6.45, 7) is 3.68. The zero-order valence-corrected chi connectivity index (χ0v) is 14.6. The Kier molecular flexibility index (Phi) is 7.32. The van der Waals surface area contributed by atoms with Gasteiger partial charge in [-0.05, 0) is 37.6 Å². The van der Waals surface area contributed by atoms with Crippen LogP contribution in [0.2, 0.25) is 0 Å². The Balaban J connectivity index is 3.29. The predicted octanol–water partition coefficient (Wildman–Crippen LogP) is 4.23. The van der Waals surface area contributed by atoms with Crippen molar-refractivity contribution in [2.45, 2.75) is 13.8 Å². The van der Waals surface area contributed by atoms with E-state index in [2.05, 4.69) is 15.9 Å². The van der Waals surface area contributed by atoms with Gasteiger partial charge in [0.15, 0.2) is 0 Å². The highest BCUT2D eigenvalue weighted by Gasteiger charge is 2.35. The Morgan fingerprint density at radius 1 is 1.19 bits per heavy atom. The van der Waals surface area contributed by atoms with Crippen molar-refractivity contribution in [3.05, 3.63) is 39.6 Å². The van der Waals surface area contributed by atoms with E-state index in [0.717, 1.165) is 4.47 Å². The molecule has 0 heterocycles. The van der Waals surface area contributed by atoms with Crippen molar-refractivity contribution in [3.8, 4) is 0 Å². The van der Waals surface area contributed by atoms with Crippen LogP contribution >= 0.6 is 23.5 Å². The van der Waals surface area contributed by atoms with Crippen LogP contribution in [0.3, 0.4) is 0 Å². The van der Waals surface area contributed by atoms with Crippen molar-refractivity contribution in [2.24, 2.45) is 0 Å². The number of halogens is 1. The summed E-state index contributed by atoms with van der Waals surface area (Å²) in [7, 11) is -2.48. The smallest absolute Gasteiger partial charge is 0.368 e. The molecule has 7 heteroatoms. The maximum Gasteiger partial charge on any atom is 0.368 e. The molecule has 116 valence electrons. The first-order chi connectivity index (χ1) is 9.96. The minimum Gasteiger partial charge on any atom is -0.465 e. The molecule has 1 rings (SSSR count). The van der Waals surface area contributed by atoms with E-state index >= 15 is 0 Å². The molecule has 5 nitrogen and oxygen atoms in total. The van der Waals surface area contributed by atoms with E-state index in [4.69, 9.17) is 13.8 Å². The summed E-state index contributed by atoms with van der Waals surface area (Å²) in [6.07, 6.45) is 1.46. The van der Waals surface area contributed by atoms with E-state index in [-0.39, 0.29) is 18.5 Å². The number of ether oxygens (including phenoxy) is 1. The van der Waals surface area contributed by atoms with Crippen LogP contribution in [-0.4, -0.2) is 26.3 Å². The maximum absolute atomic E-state index is 12.8. The standard InChI is InChI=1S/C14H18BrO5P/c1-4-19-21(17,20-5-2)13(14(16)18-3)10-11-6-8-12(15)9-7-11/h6-10H,4-5H2,1-3H3/b13-10+. The van der Waals surface area contributed by atoms with Gasteiger partial charge in [-0.25, -0.2) is 4.79 Å².